The second-order valence-corrected chi connectivity index (χ2v) is 7.69. The van der Waals surface area contributed by atoms with Crippen molar-refractivity contribution >= 4 is 39.8 Å². The Morgan fingerprint density at radius 3 is 2.42 bits per heavy atom. The van der Waals surface area contributed by atoms with Crippen LogP contribution in [0.3, 0.4) is 0 Å². The molecule has 0 fully saturated rings. The number of hydrogen-bond donors (Lipinski definition) is 0. The first-order chi connectivity index (χ1) is 15.3. The third-order valence-corrected chi connectivity index (χ3v) is 5.92. The highest BCUT2D eigenvalue weighted by atomic mass is 32.1. The molecule has 5 aromatic rings. The first-order valence-electron chi connectivity index (χ1n) is 9.75. The molecule has 0 bridgehead atoms. The molecule has 0 N–H and O–H groups in total. The van der Waals surface area contributed by atoms with Gasteiger partial charge in [-0.25, -0.2) is 0 Å². The van der Waals surface area contributed by atoms with Crippen LogP contribution >= 0.6 is 11.7 Å². The third kappa shape index (κ3) is 2.75. The average molecular weight is 418 g/mol. The van der Waals surface area contributed by atoms with Crippen molar-refractivity contribution in [3.63, 3.8) is 0 Å². The van der Waals surface area contributed by atoms with Crippen LogP contribution < -0.4 is 9.64 Å². The highest BCUT2D eigenvalue weighted by Gasteiger charge is 2.26. The number of fused-ring (bicyclic) bond motifs is 3. The molecule has 0 amide bonds. The smallest absolute Gasteiger partial charge is 0.152 e. The van der Waals surface area contributed by atoms with Crippen LogP contribution in [-0.2, 0) is 0 Å². The molecule has 0 aliphatic carbocycles. The molecule has 6 rings (SSSR count). The maximum atomic E-state index is 9.37. The highest BCUT2D eigenvalue weighted by Crippen LogP contribution is 2.51. The molecule has 0 unspecified atom stereocenters. The van der Waals surface area contributed by atoms with E-state index in [1.54, 1.807) is 6.07 Å². The summed E-state index contributed by atoms with van der Waals surface area (Å²) < 4.78 is 15.1. The summed E-state index contributed by atoms with van der Waals surface area (Å²) in [6.45, 7) is 0. The minimum absolute atomic E-state index is 0.533. The molecule has 0 radical (unpaired) electrons. The Bertz CT molecular complexity index is 1490. The van der Waals surface area contributed by atoms with Gasteiger partial charge in [0, 0.05) is 11.3 Å². The zero-order valence-electron chi connectivity index (χ0n) is 16.2. The van der Waals surface area contributed by atoms with Gasteiger partial charge in [0.05, 0.1) is 28.7 Å². The van der Waals surface area contributed by atoms with Crippen molar-refractivity contribution in [2.24, 2.45) is 0 Å². The van der Waals surface area contributed by atoms with Gasteiger partial charge in [-0.2, -0.15) is 14.0 Å². The minimum Gasteiger partial charge on any atom is -0.453 e. The largest absolute Gasteiger partial charge is 0.453 e. The van der Waals surface area contributed by atoms with E-state index >= 15 is 0 Å². The molecule has 0 atom stereocenters. The highest BCUT2D eigenvalue weighted by molar-refractivity contribution is 7.00. The van der Waals surface area contributed by atoms with Crippen molar-refractivity contribution in [2.45, 2.75) is 0 Å². The van der Waals surface area contributed by atoms with Crippen molar-refractivity contribution in [2.75, 3.05) is 4.90 Å². The first-order valence-corrected chi connectivity index (χ1v) is 10.5. The summed E-state index contributed by atoms with van der Waals surface area (Å²) in [5.41, 5.74) is 6.84. The van der Waals surface area contributed by atoms with Crippen LogP contribution in [0.15, 0.2) is 84.9 Å². The average Bonchev–Trinajstić information content (AvgIpc) is 3.32. The van der Waals surface area contributed by atoms with Crippen molar-refractivity contribution in [1.82, 2.24) is 8.75 Å². The summed E-state index contributed by atoms with van der Waals surface area (Å²) in [6, 6.07) is 30.4. The van der Waals surface area contributed by atoms with E-state index in [9.17, 15) is 5.26 Å². The molecular weight excluding hydrogens is 404 g/mol. The molecule has 6 heteroatoms. The molecule has 1 aromatic heterocycles. The van der Waals surface area contributed by atoms with Crippen LogP contribution in [0, 0.1) is 11.3 Å². The van der Waals surface area contributed by atoms with E-state index in [1.165, 1.54) is 0 Å². The Hall–Kier alpha value is -4.21. The number of rotatable bonds is 2. The van der Waals surface area contributed by atoms with Gasteiger partial charge in [-0.05, 0) is 48.0 Å². The standard InChI is InChI=1S/C25H14N4OS/c26-15-17-10-12-19(25-24(17)27-31-28-25)16-11-13-21-23(14-16)30-22-9-5-4-8-20(22)29(21)18-6-2-1-3-7-18/h1-14H. The predicted molar refractivity (Wildman–Crippen MR) is 122 cm³/mol. The summed E-state index contributed by atoms with van der Waals surface area (Å²) in [4.78, 5) is 2.21. The fraction of sp³-hybridized carbons (Fsp3) is 0. The first kappa shape index (κ1) is 17.6. The van der Waals surface area contributed by atoms with Crippen molar-refractivity contribution < 1.29 is 4.74 Å². The molecule has 146 valence electrons. The van der Waals surface area contributed by atoms with E-state index in [-0.39, 0.29) is 0 Å². The third-order valence-electron chi connectivity index (χ3n) is 5.39. The van der Waals surface area contributed by atoms with E-state index in [0.29, 0.717) is 11.1 Å². The van der Waals surface area contributed by atoms with Crippen molar-refractivity contribution in [3.05, 3.63) is 90.5 Å². The van der Waals surface area contributed by atoms with Crippen LogP contribution in [0.1, 0.15) is 5.56 Å². The molecule has 1 aliphatic heterocycles. The summed E-state index contributed by atoms with van der Waals surface area (Å²) in [5, 5.41) is 9.37. The van der Waals surface area contributed by atoms with Crippen LogP contribution in [0.25, 0.3) is 22.2 Å². The quantitative estimate of drug-likeness (QED) is 0.309. The topological polar surface area (TPSA) is 62.0 Å². The van der Waals surface area contributed by atoms with Crippen LogP contribution in [-0.4, -0.2) is 8.75 Å². The molecule has 31 heavy (non-hydrogen) atoms. The molecule has 0 saturated heterocycles. The number of nitrogens with zero attached hydrogens (tertiary/aromatic N) is 4. The fourth-order valence-electron chi connectivity index (χ4n) is 3.97. The van der Waals surface area contributed by atoms with Gasteiger partial charge in [0.1, 0.15) is 17.1 Å². The monoisotopic (exact) mass is 418 g/mol. The number of ether oxygens (including phenoxy) is 1. The number of nitriles is 1. The molecular formula is C25H14N4OS. The normalized spacial score (nSPS) is 12.0. The maximum Gasteiger partial charge on any atom is 0.152 e. The Morgan fingerprint density at radius 1 is 0.774 bits per heavy atom. The molecule has 4 aromatic carbocycles. The lowest BCUT2D eigenvalue weighted by Gasteiger charge is -2.33. The lowest BCUT2D eigenvalue weighted by Crippen LogP contribution is -2.15. The summed E-state index contributed by atoms with van der Waals surface area (Å²) in [5.74, 6) is 1.57. The minimum atomic E-state index is 0.533. The molecule has 1 aliphatic rings. The van der Waals surface area contributed by atoms with E-state index in [0.717, 1.165) is 56.9 Å². The van der Waals surface area contributed by atoms with E-state index < -0.39 is 0 Å². The van der Waals surface area contributed by atoms with Crippen molar-refractivity contribution in [1.29, 1.82) is 5.26 Å². The van der Waals surface area contributed by atoms with Gasteiger partial charge in [0.25, 0.3) is 0 Å². The van der Waals surface area contributed by atoms with Gasteiger partial charge in [0.15, 0.2) is 11.5 Å². The summed E-state index contributed by atoms with van der Waals surface area (Å²) in [7, 11) is 0. The molecule has 2 heterocycles. The van der Waals surface area contributed by atoms with Crippen LogP contribution in [0.4, 0.5) is 17.1 Å². The van der Waals surface area contributed by atoms with Gasteiger partial charge >= 0.3 is 0 Å². The molecule has 5 nitrogen and oxygen atoms in total. The Kier molecular flexibility index (Phi) is 3.95. The van der Waals surface area contributed by atoms with E-state index in [4.69, 9.17) is 4.74 Å². The van der Waals surface area contributed by atoms with Crippen molar-refractivity contribution in [3.8, 4) is 28.7 Å². The zero-order chi connectivity index (χ0) is 20.8. The summed E-state index contributed by atoms with van der Waals surface area (Å²) >= 11 is 1.12. The second kappa shape index (κ2) is 6.94. The SMILES string of the molecule is N#Cc1ccc(-c2ccc3c(c2)Oc2ccccc2N3c2ccccc2)c2nsnc12. The Balaban J connectivity index is 1.54. The molecule has 0 saturated carbocycles. The lowest BCUT2D eigenvalue weighted by molar-refractivity contribution is 0.477. The van der Waals surface area contributed by atoms with Gasteiger partial charge < -0.3 is 9.64 Å². The fourth-order valence-corrected chi connectivity index (χ4v) is 4.54. The summed E-state index contributed by atoms with van der Waals surface area (Å²) in [6.07, 6.45) is 0. The predicted octanol–water partition coefficient (Wildman–Crippen LogP) is 6.81. The molecule has 0 spiro atoms. The van der Waals surface area contributed by atoms with Gasteiger partial charge in [-0.3, -0.25) is 0 Å². The Labute approximate surface area is 182 Å². The van der Waals surface area contributed by atoms with Gasteiger partial charge in [0.2, 0.25) is 0 Å². The van der Waals surface area contributed by atoms with Crippen LogP contribution in [0.2, 0.25) is 0 Å². The number of hydrogen-bond acceptors (Lipinski definition) is 6. The number of para-hydroxylation sites is 3. The second-order valence-electron chi connectivity index (χ2n) is 7.16. The number of aromatic nitrogens is 2. The Morgan fingerprint density at radius 2 is 1.55 bits per heavy atom. The number of anilines is 3. The van der Waals surface area contributed by atoms with E-state index in [2.05, 4.69) is 50.0 Å². The zero-order valence-corrected chi connectivity index (χ0v) is 17.0. The number of benzene rings is 4. The van der Waals surface area contributed by atoms with Gasteiger partial charge in [-0.1, -0.05) is 42.5 Å². The van der Waals surface area contributed by atoms with Gasteiger partial charge in [-0.15, -0.1) is 0 Å². The van der Waals surface area contributed by atoms with E-state index in [1.807, 2.05) is 48.5 Å². The van der Waals surface area contributed by atoms with Crippen LogP contribution in [0.5, 0.6) is 11.5 Å². The maximum absolute atomic E-state index is 9.37. The lowest BCUT2D eigenvalue weighted by atomic mass is 10.00.